The van der Waals surface area contributed by atoms with Crippen molar-refractivity contribution in [3.05, 3.63) is 0 Å². The molecule has 94 valence electrons. The summed E-state index contributed by atoms with van der Waals surface area (Å²) in [5.74, 6) is 5.25. The lowest BCUT2D eigenvalue weighted by atomic mass is 10.1. The van der Waals surface area contributed by atoms with Crippen LogP contribution in [0.25, 0.3) is 0 Å². The van der Waals surface area contributed by atoms with E-state index in [4.69, 9.17) is 10.6 Å². The second kappa shape index (κ2) is 5.50. The van der Waals surface area contributed by atoms with Crippen LogP contribution in [0.15, 0.2) is 0 Å². The van der Waals surface area contributed by atoms with Crippen molar-refractivity contribution in [2.45, 2.75) is 51.7 Å². The zero-order chi connectivity index (χ0) is 12.2. The van der Waals surface area contributed by atoms with E-state index in [0.717, 1.165) is 32.4 Å². The van der Waals surface area contributed by atoms with E-state index in [9.17, 15) is 4.79 Å². The first-order valence-corrected chi connectivity index (χ1v) is 5.87. The largest absolute Gasteiger partial charge is 0.444 e. The van der Waals surface area contributed by atoms with Crippen LogP contribution in [0.4, 0.5) is 4.79 Å². The van der Waals surface area contributed by atoms with E-state index in [-0.39, 0.29) is 12.1 Å². The molecule has 1 atom stereocenters. The smallest absolute Gasteiger partial charge is 0.410 e. The maximum Gasteiger partial charge on any atom is 0.410 e. The summed E-state index contributed by atoms with van der Waals surface area (Å²) in [5, 5.41) is 0. The Kier molecular flexibility index (Phi) is 4.56. The number of amides is 1. The molecule has 0 spiro atoms. The molecule has 0 radical (unpaired) electrons. The Bertz CT molecular complexity index is 238. The van der Waals surface area contributed by atoms with Crippen molar-refractivity contribution in [2.24, 2.45) is 5.84 Å². The molecule has 1 saturated heterocycles. The number of hydrogen-bond donors (Lipinski definition) is 2. The summed E-state index contributed by atoms with van der Waals surface area (Å²) in [4.78, 5) is 13.7. The topological polar surface area (TPSA) is 67.6 Å². The first-order valence-electron chi connectivity index (χ1n) is 5.87. The number of carbonyl (C=O) groups excluding carboxylic acids is 1. The minimum atomic E-state index is -0.420. The van der Waals surface area contributed by atoms with Gasteiger partial charge in [-0.05, 0) is 40.0 Å². The van der Waals surface area contributed by atoms with Crippen molar-refractivity contribution in [3.63, 3.8) is 0 Å². The molecule has 1 unspecified atom stereocenters. The normalized spacial score (nSPS) is 21.2. The van der Waals surface area contributed by atoms with E-state index in [1.807, 2.05) is 25.7 Å². The Morgan fingerprint density at radius 1 is 1.56 bits per heavy atom. The highest BCUT2D eigenvalue weighted by Crippen LogP contribution is 2.22. The Hall–Kier alpha value is -0.810. The minimum Gasteiger partial charge on any atom is -0.444 e. The van der Waals surface area contributed by atoms with E-state index in [0.29, 0.717) is 0 Å². The second-order valence-electron chi connectivity index (χ2n) is 5.21. The van der Waals surface area contributed by atoms with E-state index in [1.165, 1.54) is 0 Å². The average Bonchev–Trinajstić information content (AvgIpc) is 2.59. The standard InChI is InChI=1S/C11H23N3O2/c1-11(2,3)16-10(15)14-8-4-5-9(14)6-7-13-12/h9,13H,4-8,12H2,1-3H3. The van der Waals surface area contributed by atoms with Gasteiger partial charge >= 0.3 is 6.09 Å². The fourth-order valence-corrected chi connectivity index (χ4v) is 1.95. The van der Waals surface area contributed by atoms with Crippen molar-refractivity contribution in [1.82, 2.24) is 10.3 Å². The summed E-state index contributed by atoms with van der Waals surface area (Å²) in [7, 11) is 0. The van der Waals surface area contributed by atoms with Crippen molar-refractivity contribution in [1.29, 1.82) is 0 Å². The predicted octanol–water partition coefficient (Wildman–Crippen LogP) is 1.24. The third-order valence-electron chi connectivity index (χ3n) is 2.63. The maximum absolute atomic E-state index is 11.9. The Balaban J connectivity index is 2.47. The lowest BCUT2D eigenvalue weighted by Crippen LogP contribution is -2.41. The molecule has 0 aliphatic carbocycles. The van der Waals surface area contributed by atoms with Gasteiger partial charge in [0.1, 0.15) is 5.60 Å². The van der Waals surface area contributed by atoms with Crippen LogP contribution in [0.2, 0.25) is 0 Å². The van der Waals surface area contributed by atoms with Crippen LogP contribution in [0.1, 0.15) is 40.0 Å². The van der Waals surface area contributed by atoms with Crippen LogP contribution in [-0.4, -0.2) is 35.7 Å². The van der Waals surface area contributed by atoms with Gasteiger partial charge in [0.05, 0.1) is 0 Å². The minimum absolute atomic E-state index is 0.202. The highest BCUT2D eigenvalue weighted by Gasteiger charge is 2.31. The van der Waals surface area contributed by atoms with Crippen LogP contribution in [0.3, 0.4) is 0 Å². The Labute approximate surface area is 97.3 Å². The molecule has 1 aliphatic rings. The van der Waals surface area contributed by atoms with Crippen LogP contribution < -0.4 is 11.3 Å². The van der Waals surface area contributed by atoms with E-state index in [1.54, 1.807) is 0 Å². The van der Waals surface area contributed by atoms with Gasteiger partial charge in [0, 0.05) is 19.1 Å². The molecular weight excluding hydrogens is 206 g/mol. The van der Waals surface area contributed by atoms with Gasteiger partial charge in [-0.15, -0.1) is 0 Å². The maximum atomic E-state index is 11.9. The number of hydrogen-bond acceptors (Lipinski definition) is 4. The number of nitrogens with zero attached hydrogens (tertiary/aromatic N) is 1. The third kappa shape index (κ3) is 3.98. The van der Waals surface area contributed by atoms with Gasteiger partial charge in [-0.25, -0.2) is 4.79 Å². The van der Waals surface area contributed by atoms with Gasteiger partial charge in [-0.3, -0.25) is 11.3 Å². The Morgan fingerprint density at radius 3 is 2.81 bits per heavy atom. The predicted molar refractivity (Wildman–Crippen MR) is 62.8 cm³/mol. The zero-order valence-corrected chi connectivity index (χ0v) is 10.5. The summed E-state index contributed by atoms with van der Waals surface area (Å²) in [5.41, 5.74) is 2.20. The number of nitrogens with one attached hydrogen (secondary N) is 1. The third-order valence-corrected chi connectivity index (χ3v) is 2.63. The molecule has 5 heteroatoms. The molecule has 1 heterocycles. The Morgan fingerprint density at radius 2 is 2.25 bits per heavy atom. The number of carbonyl (C=O) groups is 1. The fourth-order valence-electron chi connectivity index (χ4n) is 1.95. The summed E-state index contributed by atoms with van der Waals surface area (Å²) in [6, 6.07) is 0.269. The summed E-state index contributed by atoms with van der Waals surface area (Å²) in [6.07, 6.45) is 2.78. The van der Waals surface area contributed by atoms with Crippen LogP contribution in [0.5, 0.6) is 0 Å². The van der Waals surface area contributed by atoms with E-state index in [2.05, 4.69) is 5.43 Å². The van der Waals surface area contributed by atoms with Gasteiger partial charge in [-0.2, -0.15) is 0 Å². The number of nitrogens with two attached hydrogens (primary N) is 1. The molecule has 1 amide bonds. The molecule has 0 aromatic carbocycles. The molecule has 0 saturated carbocycles. The van der Waals surface area contributed by atoms with Crippen LogP contribution in [0, 0.1) is 0 Å². The molecule has 0 aromatic rings. The molecule has 5 nitrogen and oxygen atoms in total. The molecule has 0 bridgehead atoms. The summed E-state index contributed by atoms with van der Waals surface area (Å²) in [6.45, 7) is 7.18. The van der Waals surface area contributed by atoms with Gasteiger partial charge < -0.3 is 9.64 Å². The number of ether oxygens (including phenoxy) is 1. The zero-order valence-electron chi connectivity index (χ0n) is 10.5. The van der Waals surface area contributed by atoms with Crippen molar-refractivity contribution in [3.8, 4) is 0 Å². The lowest BCUT2D eigenvalue weighted by molar-refractivity contribution is 0.0221. The first kappa shape index (κ1) is 13.3. The van der Waals surface area contributed by atoms with E-state index < -0.39 is 5.60 Å². The van der Waals surface area contributed by atoms with Crippen LogP contribution in [-0.2, 0) is 4.74 Å². The lowest BCUT2D eigenvalue weighted by Gasteiger charge is -2.28. The molecule has 3 N–H and O–H groups in total. The highest BCUT2D eigenvalue weighted by atomic mass is 16.6. The van der Waals surface area contributed by atoms with E-state index >= 15 is 0 Å². The van der Waals surface area contributed by atoms with Crippen LogP contribution >= 0.6 is 0 Å². The number of rotatable bonds is 3. The summed E-state index contributed by atoms with van der Waals surface area (Å²) < 4.78 is 5.37. The van der Waals surface area contributed by atoms with Crippen molar-refractivity contribution in [2.75, 3.05) is 13.1 Å². The van der Waals surface area contributed by atoms with Crippen molar-refractivity contribution >= 4 is 6.09 Å². The highest BCUT2D eigenvalue weighted by molar-refractivity contribution is 5.68. The van der Waals surface area contributed by atoms with Gasteiger partial charge in [0.2, 0.25) is 0 Å². The molecule has 0 aromatic heterocycles. The molecule has 1 fully saturated rings. The molecule has 16 heavy (non-hydrogen) atoms. The molecule has 1 rings (SSSR count). The van der Waals surface area contributed by atoms with Crippen molar-refractivity contribution < 1.29 is 9.53 Å². The quantitative estimate of drug-likeness (QED) is 0.564. The summed E-state index contributed by atoms with van der Waals surface area (Å²) >= 11 is 0. The first-order chi connectivity index (χ1) is 7.44. The number of likely N-dealkylation sites (tertiary alicyclic amines) is 1. The van der Waals surface area contributed by atoms with Gasteiger partial charge in [0.15, 0.2) is 0 Å². The fraction of sp³-hybridized carbons (Fsp3) is 0.909. The van der Waals surface area contributed by atoms with Gasteiger partial charge in [0.25, 0.3) is 0 Å². The average molecular weight is 229 g/mol. The number of hydrazine groups is 1. The molecule has 1 aliphatic heterocycles. The second-order valence-corrected chi connectivity index (χ2v) is 5.21. The SMILES string of the molecule is CC(C)(C)OC(=O)N1CCCC1CCNN. The molecular formula is C11H23N3O2. The monoisotopic (exact) mass is 229 g/mol. The van der Waals surface area contributed by atoms with Gasteiger partial charge in [-0.1, -0.05) is 0 Å².